The Morgan fingerprint density at radius 1 is 1.19 bits per heavy atom. The van der Waals surface area contributed by atoms with E-state index in [0.717, 1.165) is 12.1 Å². The fourth-order valence-electron chi connectivity index (χ4n) is 4.88. The molecule has 2 heterocycles. The number of amides is 2. The van der Waals surface area contributed by atoms with Gasteiger partial charge in [-0.1, -0.05) is 19.6 Å². The van der Waals surface area contributed by atoms with Crippen molar-refractivity contribution in [3.8, 4) is 5.88 Å². The van der Waals surface area contributed by atoms with Gasteiger partial charge in [0, 0.05) is 47.8 Å². The van der Waals surface area contributed by atoms with Gasteiger partial charge in [-0.25, -0.2) is 13.8 Å². The number of nitrogens with zero attached hydrogens (tertiary/aromatic N) is 2. The first-order valence-electron chi connectivity index (χ1n) is 11.8. The van der Waals surface area contributed by atoms with Crippen LogP contribution in [0.3, 0.4) is 0 Å². The molecule has 0 bridgehead atoms. The number of hydrogen-bond donors (Lipinski definition) is 2. The number of aliphatic carboxylic acids is 1. The van der Waals surface area contributed by atoms with Gasteiger partial charge in [-0.15, -0.1) is 0 Å². The van der Waals surface area contributed by atoms with Gasteiger partial charge in [0.05, 0.1) is 20.9 Å². The highest BCUT2D eigenvalue weighted by molar-refractivity contribution is 6.88. The molecular formula is C25H29F2N3O5Si. The molecule has 2 aromatic rings. The van der Waals surface area contributed by atoms with Crippen LogP contribution in [0.4, 0.5) is 14.5 Å². The normalized spacial score (nSPS) is 20.9. The third-order valence-electron chi connectivity index (χ3n) is 6.66. The summed E-state index contributed by atoms with van der Waals surface area (Å²) in [6.07, 6.45) is 0.712. The van der Waals surface area contributed by atoms with Gasteiger partial charge in [0.1, 0.15) is 17.7 Å². The lowest BCUT2D eigenvalue weighted by Gasteiger charge is -2.36. The van der Waals surface area contributed by atoms with E-state index in [0.29, 0.717) is 30.0 Å². The summed E-state index contributed by atoms with van der Waals surface area (Å²) in [5.74, 6) is -3.75. The molecule has 0 unspecified atom stereocenters. The number of carboxylic acid groups (broad SMARTS) is 1. The molecule has 8 nitrogen and oxygen atoms in total. The maximum absolute atomic E-state index is 14.8. The van der Waals surface area contributed by atoms with Gasteiger partial charge < -0.3 is 20.1 Å². The third kappa shape index (κ3) is 5.11. The van der Waals surface area contributed by atoms with Crippen LogP contribution in [0.5, 0.6) is 5.88 Å². The number of carbonyl (C=O) groups excluding carboxylic acids is 2. The predicted molar refractivity (Wildman–Crippen MR) is 131 cm³/mol. The molecule has 1 aliphatic carbocycles. The van der Waals surface area contributed by atoms with Crippen LogP contribution in [0.25, 0.3) is 0 Å². The molecule has 2 N–H and O–H groups in total. The van der Waals surface area contributed by atoms with E-state index in [2.05, 4.69) is 10.3 Å². The number of anilines is 1. The molecule has 1 aromatic carbocycles. The molecular weight excluding hydrogens is 488 g/mol. The van der Waals surface area contributed by atoms with Crippen LogP contribution in [-0.2, 0) is 20.8 Å². The van der Waals surface area contributed by atoms with Crippen molar-refractivity contribution in [2.45, 2.75) is 44.9 Å². The molecule has 4 rings (SSSR count). The number of rotatable bonds is 7. The summed E-state index contributed by atoms with van der Waals surface area (Å²) in [5.41, 5.74) is 1.03. The summed E-state index contributed by atoms with van der Waals surface area (Å²) >= 11 is 0. The van der Waals surface area contributed by atoms with Crippen molar-refractivity contribution in [1.29, 1.82) is 0 Å². The van der Waals surface area contributed by atoms with E-state index < -0.39 is 43.5 Å². The Labute approximate surface area is 208 Å². The van der Waals surface area contributed by atoms with Crippen molar-refractivity contribution in [2.24, 2.45) is 11.8 Å². The second-order valence-electron chi connectivity index (χ2n) is 10.3. The smallest absolute Gasteiger partial charge is 0.303 e. The number of carboxylic acids is 1. The fraction of sp³-hybridized carbons (Fsp3) is 0.440. The lowest BCUT2D eigenvalue weighted by atomic mass is 9.95. The molecule has 0 spiro atoms. The van der Waals surface area contributed by atoms with E-state index in [-0.39, 0.29) is 35.7 Å². The first-order chi connectivity index (χ1) is 16.9. The number of fused-ring (bicyclic) bond motifs is 1. The molecule has 1 saturated carbocycles. The molecule has 0 saturated heterocycles. The molecule has 11 heteroatoms. The SMILES string of the molecule is COc1ccc2c(n1)CCN(C(=O)[C@H]1C[C@@H]1CC(=O)O)[C@H]2C(=O)Nc1cc(F)c([Si](C)(C)C)c(F)c1. The minimum Gasteiger partial charge on any atom is -0.481 e. The Morgan fingerprint density at radius 2 is 1.86 bits per heavy atom. The van der Waals surface area contributed by atoms with Crippen molar-refractivity contribution in [3.63, 3.8) is 0 Å². The number of halogens is 2. The highest BCUT2D eigenvalue weighted by Crippen LogP contribution is 2.45. The number of carbonyl (C=O) groups is 3. The zero-order valence-electron chi connectivity index (χ0n) is 20.6. The van der Waals surface area contributed by atoms with E-state index in [4.69, 9.17) is 9.84 Å². The highest BCUT2D eigenvalue weighted by Gasteiger charge is 2.49. The number of nitrogens with one attached hydrogen (secondary N) is 1. The van der Waals surface area contributed by atoms with Crippen LogP contribution >= 0.6 is 0 Å². The quantitative estimate of drug-likeness (QED) is 0.547. The Balaban J connectivity index is 1.65. The number of pyridine rings is 1. The third-order valence-corrected chi connectivity index (χ3v) is 8.63. The van der Waals surface area contributed by atoms with Crippen LogP contribution in [0, 0.1) is 23.5 Å². The summed E-state index contributed by atoms with van der Waals surface area (Å²) in [4.78, 5) is 43.7. The van der Waals surface area contributed by atoms with Gasteiger partial charge in [0.2, 0.25) is 11.8 Å². The number of benzene rings is 1. The van der Waals surface area contributed by atoms with Gasteiger partial charge in [-0.2, -0.15) is 0 Å². The summed E-state index contributed by atoms with van der Waals surface area (Å²) in [7, 11) is -0.829. The van der Waals surface area contributed by atoms with Gasteiger partial charge in [0.15, 0.2) is 0 Å². The second kappa shape index (κ2) is 9.60. The first kappa shape index (κ1) is 25.7. The maximum Gasteiger partial charge on any atom is 0.303 e. The molecule has 192 valence electrons. The fourth-order valence-corrected chi connectivity index (χ4v) is 6.46. The maximum atomic E-state index is 14.8. The van der Waals surface area contributed by atoms with Crippen molar-refractivity contribution in [1.82, 2.24) is 9.88 Å². The van der Waals surface area contributed by atoms with Crippen molar-refractivity contribution in [3.05, 3.63) is 47.2 Å². The zero-order chi connectivity index (χ0) is 26.4. The van der Waals surface area contributed by atoms with Crippen LogP contribution in [-0.4, -0.2) is 54.5 Å². The van der Waals surface area contributed by atoms with Crippen LogP contribution in [0.15, 0.2) is 24.3 Å². The first-order valence-corrected chi connectivity index (χ1v) is 15.3. The molecule has 1 aromatic heterocycles. The van der Waals surface area contributed by atoms with E-state index >= 15 is 0 Å². The number of ether oxygens (including phenoxy) is 1. The minimum absolute atomic E-state index is 0.0480. The van der Waals surface area contributed by atoms with Gasteiger partial charge in [0.25, 0.3) is 5.91 Å². The molecule has 3 atom stereocenters. The predicted octanol–water partition coefficient (Wildman–Crippen LogP) is 3.09. The number of hydrogen-bond acceptors (Lipinski definition) is 5. The lowest BCUT2D eigenvalue weighted by Crippen LogP contribution is -2.46. The molecule has 1 aliphatic heterocycles. The zero-order valence-corrected chi connectivity index (χ0v) is 21.6. The summed E-state index contributed by atoms with van der Waals surface area (Å²) in [6, 6.07) is 4.34. The second-order valence-corrected chi connectivity index (χ2v) is 15.3. The van der Waals surface area contributed by atoms with Crippen LogP contribution in [0.1, 0.15) is 30.1 Å². The van der Waals surface area contributed by atoms with Crippen LogP contribution < -0.4 is 15.2 Å². The van der Waals surface area contributed by atoms with Crippen molar-refractivity contribution < 1.29 is 33.0 Å². The Bertz CT molecular complexity index is 1210. The minimum atomic E-state index is -2.30. The molecule has 1 fully saturated rings. The Hall–Kier alpha value is -3.34. The molecule has 0 radical (unpaired) electrons. The lowest BCUT2D eigenvalue weighted by molar-refractivity contribution is -0.141. The molecule has 2 aliphatic rings. The average molecular weight is 518 g/mol. The Kier molecular flexibility index (Phi) is 6.87. The van der Waals surface area contributed by atoms with Gasteiger partial charge in [-0.3, -0.25) is 14.4 Å². The van der Waals surface area contributed by atoms with E-state index in [1.807, 2.05) is 19.6 Å². The monoisotopic (exact) mass is 517 g/mol. The molecule has 2 amide bonds. The summed E-state index contributed by atoms with van der Waals surface area (Å²) < 4.78 is 34.8. The van der Waals surface area contributed by atoms with E-state index in [1.54, 1.807) is 12.1 Å². The number of aromatic nitrogens is 1. The van der Waals surface area contributed by atoms with Gasteiger partial charge in [-0.05, 0) is 30.5 Å². The standard InChI is InChI=1S/C25H29F2N3O5Si/c1-35-20-6-5-15-19(29-20)7-8-30(25(34)16-9-13(16)10-21(31)32)22(15)24(33)28-14-11-17(26)23(18(27)12-14)36(2,3)4/h5-6,11-13,16,22H,7-10H2,1-4H3,(H,28,33)(H,31,32)/t13-,16+,22-/m1/s1. The molecule has 36 heavy (non-hydrogen) atoms. The van der Waals surface area contributed by atoms with Crippen LogP contribution in [0.2, 0.25) is 19.6 Å². The van der Waals surface area contributed by atoms with Crippen molar-refractivity contribution >= 4 is 36.7 Å². The van der Waals surface area contributed by atoms with Gasteiger partial charge >= 0.3 is 5.97 Å². The summed E-state index contributed by atoms with van der Waals surface area (Å²) in [6.45, 7) is 5.67. The average Bonchev–Trinajstić information content (AvgIpc) is 3.54. The van der Waals surface area contributed by atoms with Crippen molar-refractivity contribution in [2.75, 3.05) is 19.0 Å². The number of methoxy groups -OCH3 is 1. The topological polar surface area (TPSA) is 109 Å². The highest BCUT2D eigenvalue weighted by atomic mass is 28.3. The van der Waals surface area contributed by atoms with E-state index in [1.165, 1.54) is 12.0 Å². The largest absolute Gasteiger partial charge is 0.481 e. The Morgan fingerprint density at radius 3 is 2.44 bits per heavy atom. The summed E-state index contributed by atoms with van der Waals surface area (Å²) in [5, 5.41) is 11.7. The van der Waals surface area contributed by atoms with E-state index in [9.17, 15) is 23.2 Å².